The summed E-state index contributed by atoms with van der Waals surface area (Å²) in [5, 5.41) is 15.8. The molecule has 4 aromatic rings. The number of hydrogen-bond donors (Lipinski definition) is 3. The fourth-order valence-electron chi connectivity index (χ4n) is 4.21. The molecule has 11 heteroatoms. The molecule has 9 nitrogen and oxygen atoms in total. The number of carboxylic acid groups (broad SMARTS) is 1. The second-order valence-corrected chi connectivity index (χ2v) is 9.51. The van der Waals surface area contributed by atoms with Crippen LogP contribution in [0.15, 0.2) is 70.3 Å². The molecule has 0 unspecified atom stereocenters. The Morgan fingerprint density at radius 3 is 2.21 bits per heavy atom. The van der Waals surface area contributed by atoms with E-state index in [1.54, 1.807) is 56.6 Å². The number of amides is 1. The Morgan fingerprint density at radius 2 is 1.61 bits per heavy atom. The van der Waals surface area contributed by atoms with Gasteiger partial charge in [-0.25, -0.2) is 14.2 Å². The van der Waals surface area contributed by atoms with E-state index in [4.69, 9.17) is 23.2 Å². The van der Waals surface area contributed by atoms with Gasteiger partial charge in [0.15, 0.2) is 0 Å². The average molecular weight is 555 g/mol. The number of fused-ring (bicyclic) bond motifs is 1. The number of rotatable bonds is 8. The summed E-state index contributed by atoms with van der Waals surface area (Å²) in [6.07, 6.45) is -0.0541. The van der Waals surface area contributed by atoms with E-state index in [0.717, 1.165) is 10.1 Å². The number of nitrogens with zero attached hydrogens (tertiary/aromatic N) is 2. The first kappa shape index (κ1) is 27.1. The van der Waals surface area contributed by atoms with Gasteiger partial charge in [-0.2, -0.15) is 0 Å². The van der Waals surface area contributed by atoms with Crippen molar-refractivity contribution < 1.29 is 14.7 Å². The van der Waals surface area contributed by atoms with Gasteiger partial charge in [0.05, 0.1) is 32.2 Å². The predicted octanol–water partition coefficient (Wildman–Crippen LogP) is 3.14. The monoisotopic (exact) mass is 554 g/mol. The number of carboxylic acids is 1. The van der Waals surface area contributed by atoms with Crippen molar-refractivity contribution in [1.29, 1.82) is 0 Å². The molecule has 0 saturated carbocycles. The molecule has 1 atom stereocenters. The summed E-state index contributed by atoms with van der Waals surface area (Å²) < 4.78 is 2.48. The molecule has 0 radical (unpaired) electrons. The fraction of sp³-hybridized carbons (Fsp3) is 0.185. The maximum absolute atomic E-state index is 13.3. The molecule has 38 heavy (non-hydrogen) atoms. The van der Waals surface area contributed by atoms with Crippen LogP contribution in [0.25, 0.3) is 16.6 Å². The molecule has 1 aromatic heterocycles. The summed E-state index contributed by atoms with van der Waals surface area (Å²) in [5.41, 5.74) is 1.34. The highest BCUT2D eigenvalue weighted by molar-refractivity contribution is 6.39. The lowest BCUT2D eigenvalue weighted by Gasteiger charge is -2.16. The van der Waals surface area contributed by atoms with Crippen molar-refractivity contribution in [3.05, 3.63) is 108 Å². The zero-order chi connectivity index (χ0) is 27.6. The number of aryl methyl sites for hydroxylation is 1. The minimum atomic E-state index is -1.28. The van der Waals surface area contributed by atoms with Gasteiger partial charge in [-0.15, -0.1) is 0 Å². The van der Waals surface area contributed by atoms with Crippen LogP contribution in [0, 0.1) is 0 Å². The first-order valence-corrected chi connectivity index (χ1v) is 12.3. The smallest absolute Gasteiger partial charge is 0.335 e. The molecule has 1 heterocycles. The van der Waals surface area contributed by atoms with Crippen LogP contribution in [-0.2, 0) is 24.8 Å². The van der Waals surface area contributed by atoms with Crippen molar-refractivity contribution in [2.24, 2.45) is 7.05 Å². The van der Waals surface area contributed by atoms with Crippen LogP contribution in [0.2, 0.25) is 10.0 Å². The molecular formula is C27H24Cl2N4O5. The molecule has 0 aliphatic carbocycles. The normalized spacial score (nSPS) is 11.9. The Hall–Kier alpha value is -3.92. The van der Waals surface area contributed by atoms with Gasteiger partial charge < -0.3 is 15.7 Å². The van der Waals surface area contributed by atoms with E-state index >= 15 is 0 Å². The van der Waals surface area contributed by atoms with Gasteiger partial charge in [0.25, 0.3) is 11.5 Å². The van der Waals surface area contributed by atoms with E-state index in [1.165, 1.54) is 16.7 Å². The van der Waals surface area contributed by atoms with E-state index in [2.05, 4.69) is 10.6 Å². The number of benzene rings is 3. The summed E-state index contributed by atoms with van der Waals surface area (Å²) in [4.78, 5) is 50.9. The molecule has 0 saturated heterocycles. The van der Waals surface area contributed by atoms with Gasteiger partial charge >= 0.3 is 11.7 Å². The lowest BCUT2D eigenvalue weighted by Crippen LogP contribution is -2.42. The Morgan fingerprint density at radius 1 is 0.974 bits per heavy atom. The Labute approximate surface area is 227 Å². The number of halogens is 2. The van der Waals surface area contributed by atoms with Gasteiger partial charge in [0.2, 0.25) is 0 Å². The number of nitrogens with one attached hydrogen (secondary N) is 2. The quantitative estimate of drug-likeness (QED) is 0.307. The summed E-state index contributed by atoms with van der Waals surface area (Å²) in [5.74, 6) is -1.96. The predicted molar refractivity (Wildman–Crippen MR) is 147 cm³/mol. The van der Waals surface area contributed by atoms with Gasteiger partial charge in [0.1, 0.15) is 6.04 Å². The SMILES string of the molecule is CNCc1ccc2c(c1)c(=O)n(-c1ccc(C[C@H](NC(=O)c3c(Cl)cccc3Cl)C(=O)O)cc1)c(=O)n2C. The maximum atomic E-state index is 13.3. The van der Waals surface area contributed by atoms with E-state index in [1.807, 2.05) is 6.07 Å². The number of carbonyl (C=O) groups is 2. The van der Waals surface area contributed by atoms with Crippen molar-refractivity contribution in [1.82, 2.24) is 19.8 Å². The molecule has 0 fully saturated rings. The van der Waals surface area contributed by atoms with Gasteiger partial charge in [-0.3, -0.25) is 14.2 Å². The Balaban J connectivity index is 1.63. The second-order valence-electron chi connectivity index (χ2n) is 8.70. The van der Waals surface area contributed by atoms with Crippen molar-refractivity contribution >= 4 is 46.0 Å². The third kappa shape index (κ3) is 5.35. The van der Waals surface area contributed by atoms with E-state index in [9.17, 15) is 24.3 Å². The summed E-state index contributed by atoms with van der Waals surface area (Å²) in [6.45, 7) is 0.566. The molecule has 0 aliphatic heterocycles. The number of hydrogen-bond acceptors (Lipinski definition) is 5. The Kier molecular flexibility index (Phi) is 8.01. The number of aromatic nitrogens is 2. The van der Waals surface area contributed by atoms with Crippen LogP contribution in [0.5, 0.6) is 0 Å². The molecule has 3 N–H and O–H groups in total. The first-order chi connectivity index (χ1) is 18.1. The molecule has 0 bridgehead atoms. The minimum absolute atomic E-state index is 0.0122. The molecular weight excluding hydrogens is 531 g/mol. The van der Waals surface area contributed by atoms with Crippen LogP contribution in [-0.4, -0.2) is 39.2 Å². The van der Waals surface area contributed by atoms with E-state index < -0.39 is 29.2 Å². The third-order valence-electron chi connectivity index (χ3n) is 6.14. The molecule has 0 spiro atoms. The van der Waals surface area contributed by atoms with Crippen molar-refractivity contribution in [3.63, 3.8) is 0 Å². The van der Waals surface area contributed by atoms with Gasteiger partial charge in [-0.05, 0) is 54.6 Å². The summed E-state index contributed by atoms with van der Waals surface area (Å²) in [6, 6.07) is 15.0. The largest absolute Gasteiger partial charge is 0.480 e. The van der Waals surface area contributed by atoms with E-state index in [0.29, 0.717) is 28.7 Å². The molecule has 3 aromatic carbocycles. The zero-order valence-electron chi connectivity index (χ0n) is 20.5. The standard InChI is InChI=1S/C27H24Cl2N4O5/c1-30-14-16-8-11-22-18(12-16)25(35)33(27(38)32(22)2)17-9-6-15(7-10-17)13-21(26(36)37)31-24(34)23-19(28)4-3-5-20(23)29/h3-12,21,30H,13-14H2,1-2H3,(H,31,34)(H,36,37)/t21-/m0/s1. The molecule has 4 rings (SSSR count). The highest BCUT2D eigenvalue weighted by Crippen LogP contribution is 2.24. The van der Waals surface area contributed by atoms with Crippen molar-refractivity contribution in [3.8, 4) is 5.69 Å². The highest BCUT2D eigenvalue weighted by atomic mass is 35.5. The first-order valence-electron chi connectivity index (χ1n) is 11.6. The lowest BCUT2D eigenvalue weighted by molar-refractivity contribution is -0.139. The lowest BCUT2D eigenvalue weighted by atomic mass is 10.0. The van der Waals surface area contributed by atoms with Crippen LogP contribution in [0.1, 0.15) is 21.5 Å². The van der Waals surface area contributed by atoms with Crippen LogP contribution in [0.3, 0.4) is 0 Å². The van der Waals surface area contributed by atoms with Gasteiger partial charge in [-0.1, -0.05) is 47.5 Å². The van der Waals surface area contributed by atoms with E-state index in [-0.39, 0.29) is 22.0 Å². The molecule has 196 valence electrons. The summed E-state index contributed by atoms with van der Waals surface area (Å²) in [7, 11) is 3.40. The van der Waals surface area contributed by atoms with Crippen LogP contribution < -0.4 is 21.9 Å². The van der Waals surface area contributed by atoms with Crippen LogP contribution in [0.4, 0.5) is 0 Å². The maximum Gasteiger partial charge on any atom is 0.335 e. The number of carbonyl (C=O) groups excluding carboxylic acids is 1. The fourth-order valence-corrected chi connectivity index (χ4v) is 4.78. The Bertz CT molecular complexity index is 1640. The average Bonchev–Trinajstić information content (AvgIpc) is 2.88. The zero-order valence-corrected chi connectivity index (χ0v) is 22.0. The minimum Gasteiger partial charge on any atom is -0.480 e. The highest BCUT2D eigenvalue weighted by Gasteiger charge is 2.24. The second kappa shape index (κ2) is 11.2. The summed E-state index contributed by atoms with van der Waals surface area (Å²) >= 11 is 12.1. The van der Waals surface area contributed by atoms with Crippen molar-refractivity contribution in [2.45, 2.75) is 19.0 Å². The van der Waals surface area contributed by atoms with Crippen LogP contribution >= 0.6 is 23.2 Å². The number of aliphatic carboxylic acids is 1. The third-order valence-corrected chi connectivity index (χ3v) is 6.77. The van der Waals surface area contributed by atoms with Crippen molar-refractivity contribution in [2.75, 3.05) is 7.05 Å². The molecule has 0 aliphatic rings. The topological polar surface area (TPSA) is 122 Å². The molecule has 1 amide bonds. The van der Waals surface area contributed by atoms with Gasteiger partial charge in [0, 0.05) is 20.0 Å².